The van der Waals surface area contributed by atoms with Gasteiger partial charge in [-0.1, -0.05) is 30.7 Å². The Bertz CT molecular complexity index is 406. The van der Waals surface area contributed by atoms with Gasteiger partial charge in [0, 0.05) is 0 Å². The second-order valence-corrected chi connectivity index (χ2v) is 6.09. The number of aliphatic hydroxyl groups excluding tert-OH is 1. The first-order valence-corrected chi connectivity index (χ1v) is 7.43. The number of hydrogen-bond donors (Lipinski definition) is 1. The minimum absolute atomic E-state index is 0.343. The molecule has 1 aromatic carbocycles. The van der Waals surface area contributed by atoms with E-state index in [1.165, 1.54) is 18.4 Å². The summed E-state index contributed by atoms with van der Waals surface area (Å²) in [6, 6.07) is 6.21. The molecule has 0 aliphatic heterocycles. The lowest BCUT2D eigenvalue weighted by Gasteiger charge is -2.27. The lowest BCUT2D eigenvalue weighted by Crippen LogP contribution is -2.23. The van der Waals surface area contributed by atoms with Gasteiger partial charge in [0.1, 0.15) is 6.10 Å². The van der Waals surface area contributed by atoms with Crippen molar-refractivity contribution in [3.63, 3.8) is 0 Å². The Balaban J connectivity index is 1.87. The van der Waals surface area contributed by atoms with Crippen LogP contribution in [0.15, 0.2) is 18.2 Å². The minimum atomic E-state index is -0.501. The molecule has 106 valence electrons. The average Bonchev–Trinajstić information content (AvgIpc) is 2.40. The summed E-state index contributed by atoms with van der Waals surface area (Å²) >= 11 is 0. The molecule has 1 saturated carbocycles. The molecule has 1 N–H and O–H groups in total. The van der Waals surface area contributed by atoms with Gasteiger partial charge in [0.15, 0.2) is 0 Å². The van der Waals surface area contributed by atoms with Gasteiger partial charge in [-0.2, -0.15) is 0 Å². The van der Waals surface area contributed by atoms with E-state index in [1.807, 2.05) is 6.92 Å². The van der Waals surface area contributed by atoms with Crippen LogP contribution in [0.3, 0.4) is 0 Å². The van der Waals surface area contributed by atoms with Gasteiger partial charge in [-0.05, 0) is 56.6 Å². The molecule has 2 rings (SSSR count). The topological polar surface area (TPSA) is 29.5 Å². The second-order valence-electron chi connectivity index (χ2n) is 6.09. The minimum Gasteiger partial charge on any atom is -0.386 e. The van der Waals surface area contributed by atoms with E-state index in [-0.39, 0.29) is 0 Å². The van der Waals surface area contributed by atoms with E-state index in [0.717, 1.165) is 29.9 Å². The maximum Gasteiger partial charge on any atom is 0.103 e. The third-order valence-corrected chi connectivity index (χ3v) is 4.25. The van der Waals surface area contributed by atoms with Crippen molar-refractivity contribution in [2.75, 3.05) is 6.61 Å². The number of aliphatic hydroxyl groups is 1. The molecule has 1 aliphatic carbocycles. The van der Waals surface area contributed by atoms with Crippen molar-refractivity contribution in [1.82, 2.24) is 0 Å². The molecule has 1 aromatic rings. The first-order chi connectivity index (χ1) is 9.06. The van der Waals surface area contributed by atoms with Crippen LogP contribution in [0.25, 0.3) is 0 Å². The van der Waals surface area contributed by atoms with E-state index in [0.29, 0.717) is 12.7 Å². The summed E-state index contributed by atoms with van der Waals surface area (Å²) < 4.78 is 5.89. The summed E-state index contributed by atoms with van der Waals surface area (Å²) in [6.07, 6.45) is 4.63. The molecule has 1 unspecified atom stereocenters. The molecular formula is C17H26O2. The molecule has 1 atom stereocenters. The molecule has 1 fully saturated rings. The summed E-state index contributed by atoms with van der Waals surface area (Å²) in [4.78, 5) is 0. The third kappa shape index (κ3) is 4.05. The van der Waals surface area contributed by atoms with E-state index >= 15 is 0 Å². The smallest absolute Gasteiger partial charge is 0.103 e. The fraction of sp³-hybridized carbons (Fsp3) is 0.647. The van der Waals surface area contributed by atoms with Gasteiger partial charge in [-0.15, -0.1) is 0 Å². The van der Waals surface area contributed by atoms with Crippen LogP contribution in [0.1, 0.15) is 55.4 Å². The van der Waals surface area contributed by atoms with Crippen molar-refractivity contribution in [3.05, 3.63) is 34.9 Å². The van der Waals surface area contributed by atoms with Gasteiger partial charge in [-0.3, -0.25) is 0 Å². The van der Waals surface area contributed by atoms with Crippen LogP contribution in [0.5, 0.6) is 0 Å². The highest BCUT2D eigenvalue weighted by Crippen LogP contribution is 2.27. The normalized spacial score (nSPS) is 25.3. The van der Waals surface area contributed by atoms with E-state index in [2.05, 4.69) is 32.0 Å². The lowest BCUT2D eigenvalue weighted by atomic mass is 9.89. The highest BCUT2D eigenvalue weighted by atomic mass is 16.5. The fourth-order valence-electron chi connectivity index (χ4n) is 2.83. The molecule has 19 heavy (non-hydrogen) atoms. The van der Waals surface area contributed by atoms with E-state index in [9.17, 15) is 5.11 Å². The molecule has 2 nitrogen and oxygen atoms in total. The number of ether oxygens (including phenoxy) is 1. The standard InChI is InChI=1S/C17H26O2/c1-12-5-8-15(9-6-12)19-11-17(18)16-10-13(2)4-7-14(16)3/h4,7,10,12,15,17-18H,5-6,8-9,11H2,1-3H3. The third-order valence-electron chi connectivity index (χ3n) is 4.25. The Labute approximate surface area is 116 Å². The SMILES string of the molecule is Cc1ccc(C)c(C(O)COC2CCC(C)CC2)c1. The van der Waals surface area contributed by atoms with Crippen molar-refractivity contribution in [3.8, 4) is 0 Å². The summed E-state index contributed by atoms with van der Waals surface area (Å²) in [5, 5.41) is 10.3. The van der Waals surface area contributed by atoms with Gasteiger partial charge >= 0.3 is 0 Å². The highest BCUT2D eigenvalue weighted by Gasteiger charge is 2.20. The molecule has 0 bridgehead atoms. The molecule has 0 heterocycles. The largest absolute Gasteiger partial charge is 0.386 e. The van der Waals surface area contributed by atoms with Gasteiger partial charge in [0.2, 0.25) is 0 Å². The summed E-state index contributed by atoms with van der Waals surface area (Å²) in [5.74, 6) is 0.837. The summed E-state index contributed by atoms with van der Waals surface area (Å²) in [5.41, 5.74) is 3.33. The van der Waals surface area contributed by atoms with Crippen LogP contribution >= 0.6 is 0 Å². The lowest BCUT2D eigenvalue weighted by molar-refractivity contribution is -0.0295. The average molecular weight is 262 g/mol. The Kier molecular flexibility index (Phi) is 5.00. The zero-order valence-electron chi connectivity index (χ0n) is 12.4. The molecule has 2 heteroatoms. The van der Waals surface area contributed by atoms with Gasteiger partial charge in [0.05, 0.1) is 12.7 Å². The summed E-state index contributed by atoms with van der Waals surface area (Å²) in [7, 11) is 0. The fourth-order valence-corrected chi connectivity index (χ4v) is 2.83. The monoisotopic (exact) mass is 262 g/mol. The Morgan fingerprint density at radius 3 is 2.58 bits per heavy atom. The Morgan fingerprint density at radius 1 is 1.21 bits per heavy atom. The first-order valence-electron chi connectivity index (χ1n) is 7.43. The van der Waals surface area contributed by atoms with Crippen molar-refractivity contribution in [1.29, 1.82) is 0 Å². The van der Waals surface area contributed by atoms with Gasteiger partial charge in [0.25, 0.3) is 0 Å². The molecule has 0 aromatic heterocycles. The van der Waals surface area contributed by atoms with Crippen molar-refractivity contribution >= 4 is 0 Å². The van der Waals surface area contributed by atoms with E-state index in [1.54, 1.807) is 0 Å². The molecular weight excluding hydrogens is 236 g/mol. The van der Waals surface area contributed by atoms with Crippen LogP contribution in [-0.4, -0.2) is 17.8 Å². The Hall–Kier alpha value is -0.860. The zero-order chi connectivity index (χ0) is 13.8. The number of benzene rings is 1. The van der Waals surface area contributed by atoms with Crippen LogP contribution in [0, 0.1) is 19.8 Å². The number of hydrogen-bond acceptors (Lipinski definition) is 2. The van der Waals surface area contributed by atoms with Crippen LogP contribution < -0.4 is 0 Å². The zero-order valence-corrected chi connectivity index (χ0v) is 12.4. The maximum atomic E-state index is 10.3. The molecule has 0 saturated heterocycles. The number of aryl methyl sites for hydroxylation is 2. The maximum absolute atomic E-state index is 10.3. The molecule has 0 radical (unpaired) electrons. The Morgan fingerprint density at radius 2 is 1.89 bits per heavy atom. The van der Waals surface area contributed by atoms with Crippen molar-refractivity contribution in [2.24, 2.45) is 5.92 Å². The van der Waals surface area contributed by atoms with Crippen LogP contribution in [0.4, 0.5) is 0 Å². The van der Waals surface area contributed by atoms with E-state index in [4.69, 9.17) is 4.74 Å². The van der Waals surface area contributed by atoms with Crippen molar-refractivity contribution < 1.29 is 9.84 Å². The molecule has 0 spiro atoms. The first kappa shape index (κ1) is 14.5. The molecule has 1 aliphatic rings. The van der Waals surface area contributed by atoms with Crippen LogP contribution in [-0.2, 0) is 4.74 Å². The van der Waals surface area contributed by atoms with Crippen molar-refractivity contribution in [2.45, 2.75) is 58.7 Å². The summed E-state index contributed by atoms with van der Waals surface area (Å²) in [6.45, 7) is 6.82. The number of rotatable bonds is 4. The van der Waals surface area contributed by atoms with E-state index < -0.39 is 6.10 Å². The van der Waals surface area contributed by atoms with Gasteiger partial charge < -0.3 is 9.84 Å². The quantitative estimate of drug-likeness (QED) is 0.890. The second kappa shape index (κ2) is 6.53. The molecule has 0 amide bonds. The highest BCUT2D eigenvalue weighted by molar-refractivity contribution is 5.32. The van der Waals surface area contributed by atoms with Crippen LogP contribution in [0.2, 0.25) is 0 Å². The van der Waals surface area contributed by atoms with Gasteiger partial charge in [-0.25, -0.2) is 0 Å². The predicted octanol–water partition coefficient (Wildman–Crippen LogP) is 3.93. The predicted molar refractivity (Wildman–Crippen MR) is 78.2 cm³/mol.